The van der Waals surface area contributed by atoms with Crippen LogP contribution in [-0.4, -0.2) is 23.6 Å². The number of nitrogens with zero attached hydrogens (tertiary/aromatic N) is 2. The minimum atomic E-state index is -0.476. The normalized spacial score (nSPS) is 16.8. The summed E-state index contributed by atoms with van der Waals surface area (Å²) in [5.41, 5.74) is 2.69. The van der Waals surface area contributed by atoms with Gasteiger partial charge in [0.1, 0.15) is 16.7 Å². The maximum absolute atomic E-state index is 13.5. The van der Waals surface area contributed by atoms with Gasteiger partial charge in [-0.05, 0) is 48.2 Å². The summed E-state index contributed by atoms with van der Waals surface area (Å²) in [4.78, 5) is 28.0. The quantitative estimate of drug-likeness (QED) is 0.334. The van der Waals surface area contributed by atoms with Crippen molar-refractivity contribution in [3.63, 3.8) is 0 Å². The molecular weight excluding hydrogens is 510 g/mol. The smallest absolute Gasteiger partial charge is 0.264 e. The third kappa shape index (κ3) is 5.58. The molecule has 1 N–H and O–H groups in total. The van der Waals surface area contributed by atoms with Crippen LogP contribution in [0.3, 0.4) is 0 Å². The predicted octanol–water partition coefficient (Wildman–Crippen LogP) is 5.23. The summed E-state index contributed by atoms with van der Waals surface area (Å²) >= 11 is 4.69. The van der Waals surface area contributed by atoms with E-state index in [1.54, 1.807) is 12.1 Å². The highest BCUT2D eigenvalue weighted by molar-refractivity contribution is 9.10. The van der Waals surface area contributed by atoms with Crippen molar-refractivity contribution in [3.8, 4) is 6.07 Å². The number of anilines is 1. The molecule has 4 rings (SSSR count). The Morgan fingerprint density at radius 2 is 1.59 bits per heavy atom. The molecule has 0 spiro atoms. The Balaban J connectivity index is 1.61. The molecule has 0 aliphatic carbocycles. The number of nitriles is 1. The number of carbonyl (C=O) groups is 2. The Labute approximate surface area is 211 Å². The van der Waals surface area contributed by atoms with Crippen molar-refractivity contribution in [1.82, 2.24) is 5.32 Å². The molecule has 1 aliphatic heterocycles. The second kappa shape index (κ2) is 11.2. The first-order valence-corrected chi connectivity index (χ1v) is 12.5. The first-order valence-electron chi connectivity index (χ1n) is 10.8. The van der Waals surface area contributed by atoms with E-state index in [9.17, 15) is 14.9 Å². The van der Waals surface area contributed by atoms with Crippen molar-refractivity contribution >= 4 is 45.2 Å². The fraction of sp³-hybridized carbons (Fsp3) is 0.148. The Bertz CT molecular complexity index is 1240. The zero-order valence-corrected chi connectivity index (χ0v) is 20.7. The van der Waals surface area contributed by atoms with Gasteiger partial charge in [0.2, 0.25) is 5.91 Å². The zero-order chi connectivity index (χ0) is 23.9. The number of benzene rings is 3. The lowest BCUT2D eigenvalue weighted by Crippen LogP contribution is -2.32. The topological polar surface area (TPSA) is 73.2 Å². The Kier molecular flexibility index (Phi) is 7.84. The molecule has 34 heavy (non-hydrogen) atoms. The first kappa shape index (κ1) is 23.8. The van der Waals surface area contributed by atoms with Gasteiger partial charge in [0.05, 0.1) is 5.25 Å². The van der Waals surface area contributed by atoms with Crippen molar-refractivity contribution in [2.45, 2.75) is 18.1 Å². The van der Waals surface area contributed by atoms with Gasteiger partial charge in [-0.3, -0.25) is 14.5 Å². The maximum atomic E-state index is 13.5. The molecule has 0 bridgehead atoms. The van der Waals surface area contributed by atoms with Crippen LogP contribution in [0.5, 0.6) is 0 Å². The number of carbonyl (C=O) groups excluding carboxylic acids is 2. The van der Waals surface area contributed by atoms with E-state index in [0.717, 1.165) is 15.6 Å². The van der Waals surface area contributed by atoms with Crippen molar-refractivity contribution < 1.29 is 9.59 Å². The third-order valence-electron chi connectivity index (χ3n) is 5.40. The van der Waals surface area contributed by atoms with Crippen molar-refractivity contribution in [2.24, 2.45) is 0 Å². The highest BCUT2D eigenvalue weighted by Crippen LogP contribution is 2.42. The molecule has 3 aromatic rings. The molecule has 0 saturated carbocycles. The van der Waals surface area contributed by atoms with Gasteiger partial charge in [0.25, 0.3) is 5.91 Å². The summed E-state index contributed by atoms with van der Waals surface area (Å²) < 4.78 is 0.876. The Morgan fingerprint density at radius 3 is 2.21 bits per heavy atom. The van der Waals surface area contributed by atoms with E-state index in [1.807, 2.05) is 72.8 Å². The number of hydrogen-bond acceptors (Lipinski definition) is 4. The van der Waals surface area contributed by atoms with E-state index in [0.29, 0.717) is 30.1 Å². The van der Waals surface area contributed by atoms with Crippen LogP contribution in [0.2, 0.25) is 0 Å². The standard InChI is InChI=1S/C27H22BrN3O2S/c28-21-11-13-22(14-12-21)31-26(33)24(17-20-9-5-2-6-10-20)34-27(31)23(18-29)25(32)30-16-15-19-7-3-1-4-8-19/h1-14,24H,15-17H2,(H,30,32)/b27-23-/t24-/m1/s1. The van der Waals surface area contributed by atoms with E-state index >= 15 is 0 Å². The van der Waals surface area contributed by atoms with Crippen LogP contribution in [0.1, 0.15) is 11.1 Å². The maximum Gasteiger partial charge on any atom is 0.264 e. The third-order valence-corrected chi connectivity index (χ3v) is 7.19. The number of hydrogen-bond donors (Lipinski definition) is 1. The van der Waals surface area contributed by atoms with E-state index in [4.69, 9.17) is 0 Å². The molecule has 3 aromatic carbocycles. The molecule has 7 heteroatoms. The first-order chi connectivity index (χ1) is 16.6. The SMILES string of the molecule is N#C/C(C(=O)NCCc1ccccc1)=C1/S[C@H](Cc2ccccc2)C(=O)N1c1ccc(Br)cc1. The molecule has 1 heterocycles. The zero-order valence-electron chi connectivity index (χ0n) is 18.3. The van der Waals surface area contributed by atoms with Gasteiger partial charge in [-0.1, -0.05) is 88.4 Å². The molecule has 2 amide bonds. The Morgan fingerprint density at radius 1 is 0.971 bits per heavy atom. The van der Waals surface area contributed by atoms with Crippen molar-refractivity contribution in [3.05, 3.63) is 111 Å². The van der Waals surface area contributed by atoms with Gasteiger partial charge in [0.15, 0.2) is 0 Å². The van der Waals surface area contributed by atoms with E-state index < -0.39 is 11.2 Å². The second-order valence-electron chi connectivity index (χ2n) is 7.73. The molecule has 0 aromatic heterocycles. The molecule has 1 aliphatic rings. The van der Waals surface area contributed by atoms with E-state index in [-0.39, 0.29) is 11.5 Å². The lowest BCUT2D eigenvalue weighted by Gasteiger charge is -2.19. The van der Waals surface area contributed by atoms with Gasteiger partial charge in [-0.15, -0.1) is 0 Å². The van der Waals surface area contributed by atoms with Crippen LogP contribution in [0.25, 0.3) is 0 Å². The number of thioether (sulfide) groups is 1. The van der Waals surface area contributed by atoms with E-state index in [2.05, 4.69) is 27.3 Å². The van der Waals surface area contributed by atoms with Crippen molar-refractivity contribution in [2.75, 3.05) is 11.4 Å². The molecule has 170 valence electrons. The average molecular weight is 532 g/mol. The molecule has 1 fully saturated rings. The van der Waals surface area contributed by atoms with Crippen molar-refractivity contribution in [1.29, 1.82) is 5.26 Å². The van der Waals surface area contributed by atoms with E-state index in [1.165, 1.54) is 16.7 Å². The summed E-state index contributed by atoms with van der Waals surface area (Å²) in [6, 6.07) is 28.9. The van der Waals surface area contributed by atoms with Gasteiger partial charge in [-0.25, -0.2) is 0 Å². The summed E-state index contributed by atoms with van der Waals surface area (Å²) in [5, 5.41) is 12.7. The summed E-state index contributed by atoms with van der Waals surface area (Å²) in [6.45, 7) is 0.394. The minimum Gasteiger partial charge on any atom is -0.351 e. The second-order valence-corrected chi connectivity index (χ2v) is 9.84. The van der Waals surface area contributed by atoms with Gasteiger partial charge in [-0.2, -0.15) is 5.26 Å². The van der Waals surface area contributed by atoms with Crippen LogP contribution >= 0.6 is 27.7 Å². The number of amides is 2. The molecular formula is C27H22BrN3O2S. The minimum absolute atomic E-state index is 0.0510. The average Bonchev–Trinajstić information content (AvgIpc) is 3.17. The highest BCUT2D eigenvalue weighted by Gasteiger charge is 2.40. The predicted molar refractivity (Wildman–Crippen MR) is 139 cm³/mol. The molecule has 0 radical (unpaired) electrons. The fourth-order valence-electron chi connectivity index (χ4n) is 3.69. The largest absolute Gasteiger partial charge is 0.351 e. The number of rotatable bonds is 7. The number of nitrogens with one attached hydrogen (secondary N) is 1. The highest BCUT2D eigenvalue weighted by atomic mass is 79.9. The number of halogens is 1. The van der Waals surface area contributed by atoms with Gasteiger partial charge >= 0.3 is 0 Å². The molecule has 1 atom stereocenters. The summed E-state index contributed by atoms with van der Waals surface area (Å²) in [6.07, 6.45) is 1.16. The van der Waals surface area contributed by atoms with Crippen LogP contribution in [0, 0.1) is 11.3 Å². The lowest BCUT2D eigenvalue weighted by atomic mass is 10.1. The van der Waals surface area contributed by atoms with Crippen LogP contribution in [-0.2, 0) is 22.4 Å². The van der Waals surface area contributed by atoms with Crippen LogP contribution < -0.4 is 10.2 Å². The molecule has 1 saturated heterocycles. The van der Waals surface area contributed by atoms with Gasteiger partial charge in [0, 0.05) is 16.7 Å². The summed E-state index contributed by atoms with van der Waals surface area (Å²) in [5.74, 6) is -0.618. The van der Waals surface area contributed by atoms with Crippen LogP contribution in [0.15, 0.2) is 100 Å². The van der Waals surface area contributed by atoms with Crippen LogP contribution in [0.4, 0.5) is 5.69 Å². The molecule has 0 unspecified atom stereocenters. The monoisotopic (exact) mass is 531 g/mol. The lowest BCUT2D eigenvalue weighted by molar-refractivity contribution is -0.117. The van der Waals surface area contributed by atoms with Gasteiger partial charge < -0.3 is 5.32 Å². The fourth-order valence-corrected chi connectivity index (χ4v) is 5.27. The molecule has 5 nitrogen and oxygen atoms in total. The summed E-state index contributed by atoms with van der Waals surface area (Å²) in [7, 11) is 0. The Hall–Kier alpha value is -3.34.